The van der Waals surface area contributed by atoms with E-state index in [4.69, 9.17) is 10.00 Å². The van der Waals surface area contributed by atoms with Gasteiger partial charge in [0.15, 0.2) is 0 Å². The number of methoxy groups -OCH3 is 1. The molecule has 3 rings (SSSR count). The number of hydrogen-bond acceptors (Lipinski definition) is 4. The average Bonchev–Trinajstić information content (AvgIpc) is 3.13. The Kier molecular flexibility index (Phi) is 4.06. The number of carbonyl (C=O) groups is 2. The van der Waals surface area contributed by atoms with Gasteiger partial charge in [-0.05, 0) is 37.0 Å². The SMILES string of the molecule is COc1ccc(C#N)cc1NC(=O)N1C[C@@H]2CCC[C@@]2(C(=O)O)C1. The van der Waals surface area contributed by atoms with E-state index in [1.165, 1.54) is 7.11 Å². The van der Waals surface area contributed by atoms with E-state index in [-0.39, 0.29) is 18.5 Å². The molecule has 1 aliphatic heterocycles. The van der Waals surface area contributed by atoms with Crippen molar-refractivity contribution < 1.29 is 19.4 Å². The molecule has 0 bridgehead atoms. The first-order valence-electron chi connectivity index (χ1n) is 7.87. The summed E-state index contributed by atoms with van der Waals surface area (Å²) in [5.74, 6) is -0.355. The predicted octanol–water partition coefficient (Wildman–Crippen LogP) is 2.29. The quantitative estimate of drug-likeness (QED) is 0.885. The Morgan fingerprint density at radius 1 is 1.50 bits per heavy atom. The van der Waals surface area contributed by atoms with Crippen molar-refractivity contribution in [2.24, 2.45) is 11.3 Å². The van der Waals surface area contributed by atoms with Gasteiger partial charge >= 0.3 is 12.0 Å². The van der Waals surface area contributed by atoms with E-state index in [9.17, 15) is 14.7 Å². The van der Waals surface area contributed by atoms with Gasteiger partial charge in [0.2, 0.25) is 0 Å². The lowest BCUT2D eigenvalue weighted by Gasteiger charge is -2.23. The smallest absolute Gasteiger partial charge is 0.321 e. The number of ether oxygens (including phenoxy) is 1. The van der Waals surface area contributed by atoms with Crippen LogP contribution in [0.15, 0.2) is 18.2 Å². The lowest BCUT2D eigenvalue weighted by molar-refractivity contribution is -0.149. The van der Waals surface area contributed by atoms with Gasteiger partial charge in [0.1, 0.15) is 5.75 Å². The minimum absolute atomic E-state index is 0.00749. The number of amides is 2. The van der Waals surface area contributed by atoms with Crippen LogP contribution in [0.1, 0.15) is 24.8 Å². The van der Waals surface area contributed by atoms with Gasteiger partial charge in [-0.25, -0.2) is 4.79 Å². The minimum Gasteiger partial charge on any atom is -0.495 e. The molecule has 2 atom stereocenters. The summed E-state index contributed by atoms with van der Waals surface area (Å²) >= 11 is 0. The van der Waals surface area contributed by atoms with E-state index < -0.39 is 11.4 Å². The molecule has 1 aromatic rings. The predicted molar refractivity (Wildman–Crippen MR) is 85.7 cm³/mol. The lowest BCUT2D eigenvalue weighted by atomic mass is 9.81. The lowest BCUT2D eigenvalue weighted by Crippen LogP contribution is -2.38. The van der Waals surface area contributed by atoms with E-state index in [1.807, 2.05) is 6.07 Å². The number of nitriles is 1. The number of hydrogen-bond donors (Lipinski definition) is 2. The van der Waals surface area contributed by atoms with Crippen LogP contribution in [0.2, 0.25) is 0 Å². The molecule has 0 spiro atoms. The highest BCUT2D eigenvalue weighted by Crippen LogP contribution is 2.49. The first-order chi connectivity index (χ1) is 11.5. The van der Waals surface area contributed by atoms with Crippen LogP contribution < -0.4 is 10.1 Å². The second-order valence-corrected chi connectivity index (χ2v) is 6.39. The fourth-order valence-corrected chi connectivity index (χ4v) is 3.86. The third-order valence-electron chi connectivity index (χ3n) is 5.15. The zero-order valence-corrected chi connectivity index (χ0v) is 13.4. The summed E-state index contributed by atoms with van der Waals surface area (Å²) < 4.78 is 5.20. The Labute approximate surface area is 139 Å². The van der Waals surface area contributed by atoms with Crippen LogP contribution in [0.5, 0.6) is 5.75 Å². The van der Waals surface area contributed by atoms with Gasteiger partial charge in [-0.1, -0.05) is 6.42 Å². The largest absolute Gasteiger partial charge is 0.495 e. The third-order valence-corrected chi connectivity index (χ3v) is 5.15. The summed E-state index contributed by atoms with van der Waals surface area (Å²) in [6.45, 7) is 0.664. The summed E-state index contributed by atoms with van der Waals surface area (Å²) in [7, 11) is 1.48. The van der Waals surface area contributed by atoms with Crippen LogP contribution in [0, 0.1) is 22.7 Å². The Balaban J connectivity index is 1.77. The van der Waals surface area contributed by atoms with Gasteiger partial charge < -0.3 is 20.1 Å². The van der Waals surface area contributed by atoms with Crippen LogP contribution in [0.3, 0.4) is 0 Å². The topological polar surface area (TPSA) is 103 Å². The second kappa shape index (κ2) is 6.04. The number of carboxylic acids is 1. The molecule has 126 valence electrons. The molecule has 0 radical (unpaired) electrons. The number of aliphatic carboxylic acids is 1. The van der Waals surface area contributed by atoms with Crippen molar-refractivity contribution in [2.45, 2.75) is 19.3 Å². The maximum Gasteiger partial charge on any atom is 0.321 e. The van der Waals surface area contributed by atoms with Crippen molar-refractivity contribution in [3.8, 4) is 11.8 Å². The first-order valence-corrected chi connectivity index (χ1v) is 7.87. The van der Waals surface area contributed by atoms with Gasteiger partial charge in [-0.15, -0.1) is 0 Å². The molecule has 0 unspecified atom stereocenters. The standard InChI is InChI=1S/C17H19N3O4/c1-24-14-5-4-11(8-18)7-13(14)19-16(23)20-9-12-3-2-6-17(12,10-20)15(21)22/h4-5,7,12H,2-3,6,9-10H2,1H3,(H,19,23)(H,21,22)/t12-,17+/m0/s1. The van der Waals surface area contributed by atoms with Crippen LogP contribution in [0.25, 0.3) is 0 Å². The van der Waals surface area contributed by atoms with Crippen molar-refractivity contribution in [3.63, 3.8) is 0 Å². The highest BCUT2D eigenvalue weighted by molar-refractivity contribution is 5.92. The normalized spacial score (nSPS) is 25.0. The molecule has 24 heavy (non-hydrogen) atoms. The number of carboxylic acid groups (broad SMARTS) is 1. The molecule has 1 heterocycles. The second-order valence-electron chi connectivity index (χ2n) is 6.39. The van der Waals surface area contributed by atoms with Gasteiger partial charge in [0.25, 0.3) is 0 Å². The molecule has 0 aromatic heterocycles. The highest BCUT2D eigenvalue weighted by Gasteiger charge is 2.55. The zero-order chi connectivity index (χ0) is 17.3. The molecular weight excluding hydrogens is 310 g/mol. The van der Waals surface area contributed by atoms with Crippen molar-refractivity contribution in [3.05, 3.63) is 23.8 Å². The molecule has 7 nitrogen and oxygen atoms in total. The van der Waals surface area contributed by atoms with Crippen LogP contribution >= 0.6 is 0 Å². The summed E-state index contributed by atoms with van der Waals surface area (Å²) in [5, 5.41) is 21.3. The third kappa shape index (κ3) is 2.54. The van der Waals surface area contributed by atoms with Gasteiger partial charge in [0, 0.05) is 13.1 Å². The van der Waals surface area contributed by atoms with Gasteiger partial charge in [-0.2, -0.15) is 5.26 Å². The molecule has 2 fully saturated rings. The number of urea groups is 1. The highest BCUT2D eigenvalue weighted by atomic mass is 16.5. The van der Waals surface area contributed by atoms with E-state index in [0.717, 1.165) is 12.8 Å². The number of nitrogens with zero attached hydrogens (tertiary/aromatic N) is 2. The molecule has 1 saturated heterocycles. The average molecular weight is 329 g/mol. The maximum absolute atomic E-state index is 12.6. The molecule has 2 aliphatic rings. The zero-order valence-electron chi connectivity index (χ0n) is 13.4. The Morgan fingerprint density at radius 3 is 2.92 bits per heavy atom. The number of likely N-dealkylation sites (tertiary alicyclic amines) is 1. The summed E-state index contributed by atoms with van der Waals surface area (Å²) in [6, 6.07) is 6.42. The molecule has 2 N–H and O–H groups in total. The van der Waals surface area contributed by atoms with Crippen molar-refractivity contribution in [2.75, 3.05) is 25.5 Å². The molecule has 7 heteroatoms. The molecule has 1 saturated carbocycles. The number of benzene rings is 1. The number of anilines is 1. The van der Waals surface area contributed by atoms with Crippen molar-refractivity contribution >= 4 is 17.7 Å². The number of fused-ring (bicyclic) bond motifs is 1. The molecule has 1 aliphatic carbocycles. The van der Waals surface area contributed by atoms with E-state index in [2.05, 4.69) is 5.32 Å². The van der Waals surface area contributed by atoms with Crippen LogP contribution in [-0.4, -0.2) is 42.2 Å². The molecule has 2 amide bonds. The number of nitrogens with one attached hydrogen (secondary N) is 1. The summed E-state index contributed by atoms with van der Waals surface area (Å²) in [6.07, 6.45) is 2.35. The number of carbonyl (C=O) groups excluding carboxylic acids is 1. The van der Waals surface area contributed by atoms with Crippen molar-refractivity contribution in [1.82, 2.24) is 4.90 Å². The van der Waals surface area contributed by atoms with Crippen molar-refractivity contribution in [1.29, 1.82) is 5.26 Å². The fourth-order valence-electron chi connectivity index (χ4n) is 3.86. The Hall–Kier alpha value is -2.75. The van der Waals surface area contributed by atoms with Gasteiger partial charge in [0.05, 0.1) is 29.8 Å². The summed E-state index contributed by atoms with van der Waals surface area (Å²) in [4.78, 5) is 25.8. The van der Waals surface area contributed by atoms with Crippen LogP contribution in [0.4, 0.5) is 10.5 Å². The fraction of sp³-hybridized carbons (Fsp3) is 0.471. The molecule has 1 aromatic carbocycles. The van der Waals surface area contributed by atoms with E-state index in [0.29, 0.717) is 30.0 Å². The Bertz CT molecular complexity index is 727. The summed E-state index contributed by atoms with van der Waals surface area (Å²) in [5.41, 5.74) is 0.00465. The minimum atomic E-state index is -0.815. The van der Waals surface area contributed by atoms with Gasteiger partial charge in [-0.3, -0.25) is 4.79 Å². The molecular formula is C17H19N3O4. The first kappa shape index (κ1) is 16.1. The van der Waals surface area contributed by atoms with Crippen LogP contribution in [-0.2, 0) is 4.79 Å². The maximum atomic E-state index is 12.6. The number of rotatable bonds is 3. The monoisotopic (exact) mass is 329 g/mol. The van der Waals surface area contributed by atoms with E-state index >= 15 is 0 Å². The Morgan fingerprint density at radius 2 is 2.29 bits per heavy atom. The van der Waals surface area contributed by atoms with E-state index in [1.54, 1.807) is 23.1 Å².